The smallest absolute Gasteiger partial charge is 0.320 e. The number of benzene rings is 2. The third kappa shape index (κ3) is 4.77. The normalized spacial score (nSPS) is 21.5. The predicted octanol–water partition coefficient (Wildman–Crippen LogP) is 4.34. The summed E-state index contributed by atoms with van der Waals surface area (Å²) in [6, 6.07) is 8.64. The highest BCUT2D eigenvalue weighted by molar-refractivity contribution is 7.98. The fourth-order valence-corrected chi connectivity index (χ4v) is 4.62. The van der Waals surface area contributed by atoms with E-state index in [1.54, 1.807) is 23.9 Å². The van der Waals surface area contributed by atoms with Crippen LogP contribution in [0.25, 0.3) is 6.08 Å². The molecule has 176 valence electrons. The molecule has 8 heteroatoms. The zero-order chi connectivity index (χ0) is 23.8. The summed E-state index contributed by atoms with van der Waals surface area (Å²) in [5.74, 6) is 2.71. The summed E-state index contributed by atoms with van der Waals surface area (Å²) >= 11 is 1.60. The number of phenols is 1. The van der Waals surface area contributed by atoms with Gasteiger partial charge in [0.05, 0.1) is 18.1 Å². The van der Waals surface area contributed by atoms with Crippen LogP contribution < -0.4 is 19.9 Å². The first-order valence-corrected chi connectivity index (χ1v) is 12.2. The lowest BCUT2D eigenvalue weighted by molar-refractivity contribution is -0.138. The quantitative estimate of drug-likeness (QED) is 0.604. The van der Waals surface area contributed by atoms with Crippen LogP contribution in [-0.4, -0.2) is 46.4 Å². The van der Waals surface area contributed by atoms with E-state index in [9.17, 15) is 9.90 Å². The molecule has 2 unspecified atom stereocenters. The Hall–Kier alpha value is -2.84. The molecule has 2 aromatic rings. The Bertz CT molecular complexity index is 1080. The van der Waals surface area contributed by atoms with Gasteiger partial charge in [0, 0.05) is 17.2 Å². The molecule has 0 amide bonds. The fraction of sp³-hybridized carbons (Fsp3) is 0.400. The maximum Gasteiger partial charge on any atom is 0.320 e. The van der Waals surface area contributed by atoms with Gasteiger partial charge in [0.25, 0.3) is 0 Å². The van der Waals surface area contributed by atoms with Crippen LogP contribution in [-0.2, 0) is 4.79 Å². The van der Waals surface area contributed by atoms with E-state index >= 15 is 0 Å². The number of aromatic hydroxyl groups is 1. The van der Waals surface area contributed by atoms with Crippen LogP contribution in [0.15, 0.2) is 36.4 Å². The van der Waals surface area contributed by atoms with E-state index in [4.69, 9.17) is 25.1 Å². The van der Waals surface area contributed by atoms with Gasteiger partial charge in [-0.3, -0.25) is 4.79 Å². The number of fused-ring (bicyclic) bond motifs is 7. The molecule has 0 bridgehead atoms. The van der Waals surface area contributed by atoms with Crippen LogP contribution in [0.3, 0.4) is 0 Å². The van der Waals surface area contributed by atoms with Crippen molar-refractivity contribution in [1.29, 1.82) is 0 Å². The number of carboxylic acids is 1. The number of rotatable bonds is 4. The van der Waals surface area contributed by atoms with Gasteiger partial charge in [-0.1, -0.05) is 6.07 Å². The molecule has 0 saturated carbocycles. The third-order valence-electron chi connectivity index (χ3n) is 5.89. The minimum Gasteiger partial charge on any atom is -0.508 e. The van der Waals surface area contributed by atoms with Gasteiger partial charge in [-0.15, -0.1) is 0 Å². The Morgan fingerprint density at radius 3 is 2.73 bits per heavy atom. The van der Waals surface area contributed by atoms with Gasteiger partial charge in [0.1, 0.15) is 40.7 Å². The third-order valence-corrected chi connectivity index (χ3v) is 6.54. The summed E-state index contributed by atoms with van der Waals surface area (Å²) < 4.78 is 18.3. The molecular weight excluding hydrogens is 442 g/mol. The predicted molar refractivity (Wildman–Crippen MR) is 129 cm³/mol. The number of ether oxygens (including phenoxy) is 3. The lowest BCUT2D eigenvalue weighted by Crippen LogP contribution is -2.30. The number of hydrogen-bond acceptors (Lipinski definition) is 7. The molecule has 3 aliphatic rings. The first-order chi connectivity index (χ1) is 15.7. The van der Waals surface area contributed by atoms with Gasteiger partial charge < -0.3 is 30.2 Å². The van der Waals surface area contributed by atoms with E-state index in [0.29, 0.717) is 18.8 Å². The second-order valence-electron chi connectivity index (χ2n) is 8.84. The van der Waals surface area contributed by atoms with E-state index in [0.717, 1.165) is 33.9 Å². The van der Waals surface area contributed by atoms with Crippen molar-refractivity contribution in [1.82, 2.24) is 0 Å². The summed E-state index contributed by atoms with van der Waals surface area (Å²) in [7, 11) is 0. The van der Waals surface area contributed by atoms with Gasteiger partial charge in [-0.25, -0.2) is 0 Å². The Morgan fingerprint density at radius 1 is 1.24 bits per heavy atom. The number of hydrogen-bond donors (Lipinski definition) is 3. The van der Waals surface area contributed by atoms with Crippen LogP contribution in [0.1, 0.15) is 49.0 Å². The van der Waals surface area contributed by atoms with Gasteiger partial charge in [-0.2, -0.15) is 11.8 Å². The number of thioether (sulfide) groups is 1. The zero-order valence-electron chi connectivity index (χ0n) is 18.9. The molecule has 0 spiro atoms. The molecule has 3 atom stereocenters. The molecule has 0 aromatic heterocycles. The number of carbonyl (C=O) groups is 1. The minimum atomic E-state index is -0.913. The van der Waals surface area contributed by atoms with Crippen molar-refractivity contribution in [2.24, 2.45) is 5.73 Å². The van der Waals surface area contributed by atoms with E-state index in [1.165, 1.54) is 0 Å². The van der Waals surface area contributed by atoms with Crippen LogP contribution in [0.4, 0.5) is 0 Å². The molecule has 33 heavy (non-hydrogen) atoms. The Kier molecular flexibility index (Phi) is 6.50. The maximum absolute atomic E-state index is 10.1. The van der Waals surface area contributed by atoms with Crippen molar-refractivity contribution in [3.63, 3.8) is 0 Å². The molecule has 3 heterocycles. The second kappa shape index (κ2) is 9.19. The van der Waals surface area contributed by atoms with Gasteiger partial charge in [0.15, 0.2) is 0 Å². The Labute approximate surface area is 197 Å². The first-order valence-electron chi connectivity index (χ1n) is 10.8. The standard InChI is InChI=1S/C20H18O4.C5H11NO2S/c1-20(2)8-7-14-16(24-20)6-5-12-15-10-22-17-9-11(21)3-4-13(17)19(15)23-18(12)14;1-9-3-2-4(6)5(7)8/h3-9,15,19,21H,10H2,1-2H3;4H,2-3,6H2,1H3,(H,7,8)/t;4-/m.0/s1. The minimum absolute atomic E-state index is 0.0841. The average molecular weight is 472 g/mol. The molecule has 0 fully saturated rings. The SMILES string of the molecule is CC1(C)C=Cc2c(ccc3c2OC2c4ccc(O)cc4OCC32)O1.CSCC[C@H](N)C(=O)O. The van der Waals surface area contributed by atoms with Crippen LogP contribution in [0.2, 0.25) is 0 Å². The summed E-state index contributed by atoms with van der Waals surface area (Å²) in [6.45, 7) is 4.62. The Morgan fingerprint density at radius 2 is 2.00 bits per heavy atom. The van der Waals surface area contributed by atoms with E-state index in [-0.39, 0.29) is 23.4 Å². The molecule has 3 aliphatic heterocycles. The molecule has 2 aromatic carbocycles. The largest absolute Gasteiger partial charge is 0.508 e. The van der Waals surface area contributed by atoms with E-state index < -0.39 is 12.0 Å². The lowest BCUT2D eigenvalue weighted by Gasteiger charge is -2.28. The van der Waals surface area contributed by atoms with E-state index in [1.807, 2.05) is 32.2 Å². The van der Waals surface area contributed by atoms with Crippen molar-refractivity contribution in [3.05, 3.63) is 53.1 Å². The highest BCUT2D eigenvalue weighted by Crippen LogP contribution is 2.54. The molecule has 4 N–H and O–H groups in total. The van der Waals surface area contributed by atoms with E-state index in [2.05, 4.69) is 18.2 Å². The van der Waals surface area contributed by atoms with Crippen LogP contribution in [0, 0.1) is 0 Å². The number of phenolic OH excluding ortho intramolecular Hbond substituents is 1. The van der Waals surface area contributed by atoms with Crippen molar-refractivity contribution in [2.75, 3.05) is 18.6 Å². The summed E-state index contributed by atoms with van der Waals surface area (Å²) in [5.41, 5.74) is 8.02. The number of aliphatic carboxylic acids is 1. The topological polar surface area (TPSA) is 111 Å². The zero-order valence-corrected chi connectivity index (χ0v) is 19.7. The fourth-order valence-electron chi connectivity index (χ4n) is 4.13. The van der Waals surface area contributed by atoms with Gasteiger partial charge in [0.2, 0.25) is 0 Å². The maximum atomic E-state index is 10.1. The lowest BCUT2D eigenvalue weighted by atomic mass is 9.88. The second-order valence-corrected chi connectivity index (χ2v) is 9.82. The Balaban J connectivity index is 0.000000248. The number of nitrogens with two attached hydrogens (primary N) is 1. The molecule has 0 radical (unpaired) electrons. The molecular formula is C25H29NO6S. The molecule has 0 saturated heterocycles. The molecule has 5 rings (SSSR count). The van der Waals surface area contributed by atoms with Crippen molar-refractivity contribution in [2.45, 2.75) is 43.9 Å². The summed E-state index contributed by atoms with van der Waals surface area (Å²) in [4.78, 5) is 10.1. The summed E-state index contributed by atoms with van der Waals surface area (Å²) in [5, 5.41) is 17.9. The van der Waals surface area contributed by atoms with Crippen molar-refractivity contribution >= 4 is 23.8 Å². The van der Waals surface area contributed by atoms with Gasteiger partial charge in [-0.05, 0) is 62.6 Å². The molecule has 7 nitrogen and oxygen atoms in total. The summed E-state index contributed by atoms with van der Waals surface area (Å²) in [6.07, 6.45) is 6.54. The van der Waals surface area contributed by atoms with Crippen molar-refractivity contribution < 1.29 is 29.2 Å². The first kappa shape index (κ1) is 23.3. The van der Waals surface area contributed by atoms with Crippen molar-refractivity contribution in [3.8, 4) is 23.0 Å². The van der Waals surface area contributed by atoms with Crippen LogP contribution >= 0.6 is 11.8 Å². The monoisotopic (exact) mass is 471 g/mol. The number of carboxylic acid groups (broad SMARTS) is 1. The van der Waals surface area contributed by atoms with Gasteiger partial charge >= 0.3 is 5.97 Å². The molecule has 0 aliphatic carbocycles. The highest BCUT2D eigenvalue weighted by atomic mass is 32.2. The highest BCUT2D eigenvalue weighted by Gasteiger charge is 2.42. The average Bonchev–Trinajstić information content (AvgIpc) is 3.15. The van der Waals surface area contributed by atoms with Crippen LogP contribution in [0.5, 0.6) is 23.0 Å².